The van der Waals surface area contributed by atoms with E-state index in [-0.39, 0.29) is 0 Å². The van der Waals surface area contributed by atoms with Crippen LogP contribution in [0, 0.1) is 0 Å². The molecular weight excluding hydrogens is 192 g/mol. The van der Waals surface area contributed by atoms with Gasteiger partial charge in [-0.2, -0.15) is 8.42 Å². The van der Waals surface area contributed by atoms with Crippen molar-refractivity contribution in [2.45, 2.75) is 13.0 Å². The first-order chi connectivity index (χ1) is 5.99. The Morgan fingerprint density at radius 3 is 2.31 bits per heavy atom. The van der Waals surface area contributed by atoms with Gasteiger partial charge in [-0.1, -0.05) is 30.3 Å². The molecule has 0 bridgehead atoms. The van der Waals surface area contributed by atoms with Gasteiger partial charge in [0.05, 0.1) is 0 Å². The van der Waals surface area contributed by atoms with Gasteiger partial charge in [-0.15, -0.1) is 0 Å². The fourth-order valence-electron chi connectivity index (χ4n) is 0.962. The van der Waals surface area contributed by atoms with E-state index in [9.17, 15) is 8.42 Å². The van der Waals surface area contributed by atoms with Gasteiger partial charge in [0.25, 0.3) is 0 Å². The number of hydrogen-bond donors (Lipinski definition) is 1. The van der Waals surface area contributed by atoms with Gasteiger partial charge in [-0.3, -0.25) is 4.55 Å². The molecule has 1 atom stereocenters. The second kappa shape index (κ2) is 3.87. The highest BCUT2D eigenvalue weighted by molar-refractivity contribution is 7.80. The standard InChI is InChI=1S/C8H10O4S/c1-7(12-13(9,10)11)8-5-3-2-4-6-8/h2-7H,1H3,(H,9,10,11). The highest BCUT2D eigenvalue weighted by Gasteiger charge is 2.13. The normalized spacial score (nSPS) is 14.0. The second-order valence-electron chi connectivity index (χ2n) is 2.58. The van der Waals surface area contributed by atoms with Crippen LogP contribution in [-0.2, 0) is 14.6 Å². The molecule has 0 radical (unpaired) electrons. The smallest absolute Gasteiger partial charge is 0.264 e. The van der Waals surface area contributed by atoms with Crippen LogP contribution < -0.4 is 0 Å². The summed E-state index contributed by atoms with van der Waals surface area (Å²) < 4.78 is 33.4. The third-order valence-electron chi connectivity index (χ3n) is 1.53. The van der Waals surface area contributed by atoms with Crippen LogP contribution in [0.5, 0.6) is 0 Å². The third kappa shape index (κ3) is 3.54. The van der Waals surface area contributed by atoms with Gasteiger partial charge in [-0.25, -0.2) is 4.18 Å². The molecule has 1 aromatic rings. The van der Waals surface area contributed by atoms with Crippen molar-refractivity contribution in [1.29, 1.82) is 0 Å². The zero-order valence-corrected chi connectivity index (χ0v) is 7.86. The van der Waals surface area contributed by atoms with Gasteiger partial charge in [0.2, 0.25) is 0 Å². The molecule has 0 fully saturated rings. The largest absolute Gasteiger partial charge is 0.397 e. The first kappa shape index (κ1) is 10.2. The Morgan fingerprint density at radius 1 is 1.31 bits per heavy atom. The Morgan fingerprint density at radius 2 is 1.85 bits per heavy atom. The van der Waals surface area contributed by atoms with Crippen LogP contribution in [0.3, 0.4) is 0 Å². The molecule has 72 valence electrons. The molecular formula is C8H10O4S. The van der Waals surface area contributed by atoms with Gasteiger partial charge >= 0.3 is 10.4 Å². The second-order valence-corrected chi connectivity index (χ2v) is 3.62. The lowest BCUT2D eigenvalue weighted by Crippen LogP contribution is -2.07. The minimum Gasteiger partial charge on any atom is -0.264 e. The SMILES string of the molecule is CC(OS(=O)(=O)O)c1ccccc1. The highest BCUT2D eigenvalue weighted by atomic mass is 32.3. The van der Waals surface area contributed by atoms with Crippen LogP contribution in [0.25, 0.3) is 0 Å². The van der Waals surface area contributed by atoms with Crippen molar-refractivity contribution in [2.24, 2.45) is 0 Å². The van der Waals surface area contributed by atoms with Crippen LogP contribution in [0.2, 0.25) is 0 Å². The molecule has 0 aliphatic rings. The Labute approximate surface area is 77.1 Å². The van der Waals surface area contributed by atoms with E-state index in [4.69, 9.17) is 4.55 Å². The monoisotopic (exact) mass is 202 g/mol. The summed E-state index contributed by atoms with van der Waals surface area (Å²) in [6.45, 7) is 1.54. The molecule has 1 rings (SSSR count). The summed E-state index contributed by atoms with van der Waals surface area (Å²) >= 11 is 0. The zero-order chi connectivity index (χ0) is 9.90. The highest BCUT2D eigenvalue weighted by Crippen LogP contribution is 2.17. The molecule has 0 aromatic heterocycles. The predicted molar refractivity (Wildman–Crippen MR) is 47.5 cm³/mol. The molecule has 13 heavy (non-hydrogen) atoms. The fraction of sp³-hybridized carbons (Fsp3) is 0.250. The lowest BCUT2D eigenvalue weighted by Gasteiger charge is -2.09. The van der Waals surface area contributed by atoms with Crippen molar-refractivity contribution in [3.05, 3.63) is 35.9 Å². The first-order valence-corrected chi connectivity index (χ1v) is 5.06. The van der Waals surface area contributed by atoms with Crippen molar-refractivity contribution < 1.29 is 17.2 Å². The van der Waals surface area contributed by atoms with E-state index in [1.165, 1.54) is 0 Å². The summed E-state index contributed by atoms with van der Waals surface area (Å²) in [5.74, 6) is 0. The summed E-state index contributed by atoms with van der Waals surface area (Å²) in [5, 5.41) is 0. The van der Waals surface area contributed by atoms with E-state index < -0.39 is 16.5 Å². The quantitative estimate of drug-likeness (QED) is 0.755. The van der Waals surface area contributed by atoms with Gasteiger partial charge in [0.1, 0.15) is 6.10 Å². The van der Waals surface area contributed by atoms with Crippen LogP contribution in [0.15, 0.2) is 30.3 Å². The predicted octanol–water partition coefficient (Wildman–Crippen LogP) is 1.57. The Balaban J connectivity index is 2.76. The summed E-state index contributed by atoms with van der Waals surface area (Å²) in [5.41, 5.74) is 0.695. The van der Waals surface area contributed by atoms with Crippen molar-refractivity contribution in [3.8, 4) is 0 Å². The van der Waals surface area contributed by atoms with Crippen molar-refractivity contribution in [3.63, 3.8) is 0 Å². The maximum absolute atomic E-state index is 10.3. The minimum absolute atomic E-state index is 0.670. The maximum atomic E-state index is 10.3. The molecule has 1 aromatic carbocycles. The first-order valence-electron chi connectivity index (χ1n) is 3.69. The molecule has 1 N–H and O–H groups in total. The lowest BCUT2D eigenvalue weighted by molar-refractivity contribution is 0.201. The molecule has 0 saturated carbocycles. The summed E-state index contributed by atoms with van der Waals surface area (Å²) in [7, 11) is -4.37. The maximum Gasteiger partial charge on any atom is 0.397 e. The summed E-state index contributed by atoms with van der Waals surface area (Å²) in [6.07, 6.45) is -0.670. The molecule has 0 heterocycles. The van der Waals surface area contributed by atoms with Crippen molar-refractivity contribution in [2.75, 3.05) is 0 Å². The van der Waals surface area contributed by atoms with Gasteiger partial charge in [-0.05, 0) is 12.5 Å². The zero-order valence-electron chi connectivity index (χ0n) is 7.04. The molecule has 5 heteroatoms. The summed E-state index contributed by atoms with van der Waals surface area (Å²) in [6, 6.07) is 8.77. The third-order valence-corrected chi connectivity index (χ3v) is 2.07. The average molecular weight is 202 g/mol. The van der Waals surface area contributed by atoms with E-state index in [2.05, 4.69) is 4.18 Å². The molecule has 0 aliphatic carbocycles. The number of benzene rings is 1. The summed E-state index contributed by atoms with van der Waals surface area (Å²) in [4.78, 5) is 0. The molecule has 0 amide bonds. The van der Waals surface area contributed by atoms with Crippen LogP contribution in [0.1, 0.15) is 18.6 Å². The fourth-order valence-corrected chi connectivity index (χ4v) is 1.44. The molecule has 1 unspecified atom stereocenters. The molecule has 0 saturated heterocycles. The van der Waals surface area contributed by atoms with Crippen LogP contribution in [0.4, 0.5) is 0 Å². The van der Waals surface area contributed by atoms with E-state index in [0.29, 0.717) is 5.56 Å². The molecule has 0 spiro atoms. The topological polar surface area (TPSA) is 63.6 Å². The number of hydrogen-bond acceptors (Lipinski definition) is 3. The van der Waals surface area contributed by atoms with Crippen molar-refractivity contribution >= 4 is 10.4 Å². The van der Waals surface area contributed by atoms with Crippen molar-refractivity contribution in [1.82, 2.24) is 0 Å². The Hall–Kier alpha value is -0.910. The Bertz CT molecular complexity index is 357. The molecule has 4 nitrogen and oxygen atoms in total. The van der Waals surface area contributed by atoms with Gasteiger partial charge in [0, 0.05) is 0 Å². The van der Waals surface area contributed by atoms with Gasteiger partial charge < -0.3 is 0 Å². The van der Waals surface area contributed by atoms with E-state index in [1.807, 2.05) is 6.07 Å². The minimum atomic E-state index is -4.37. The van der Waals surface area contributed by atoms with Crippen LogP contribution in [-0.4, -0.2) is 13.0 Å². The molecule has 0 aliphatic heterocycles. The van der Waals surface area contributed by atoms with Crippen LogP contribution >= 0.6 is 0 Å². The van der Waals surface area contributed by atoms with E-state index in [1.54, 1.807) is 31.2 Å². The van der Waals surface area contributed by atoms with Gasteiger partial charge in [0.15, 0.2) is 0 Å². The van der Waals surface area contributed by atoms with E-state index in [0.717, 1.165) is 0 Å². The average Bonchev–Trinajstić information content (AvgIpc) is 2.03. The Kier molecular flexibility index (Phi) is 3.02. The lowest BCUT2D eigenvalue weighted by atomic mass is 10.1. The van der Waals surface area contributed by atoms with E-state index >= 15 is 0 Å². The number of rotatable bonds is 3.